The number of hydrogen-bond acceptors (Lipinski definition) is 4. The number of amides is 2. The second-order valence-corrected chi connectivity index (χ2v) is 9.54. The minimum absolute atomic E-state index is 0.103. The Balaban J connectivity index is 1.62. The van der Waals surface area contributed by atoms with Crippen LogP contribution in [0, 0.1) is 0 Å². The standard InChI is InChI=1S/C20H19ClN2O4S/c1-11(2)23-20(25)16-6-3-13(10-18(16)28(23,26)27)19(24)22-17-8-4-12-9-14(21)5-7-15(12)17/h3,5-7,9-11,17H,4,8H2,1-2H3,(H,22,24). The van der Waals surface area contributed by atoms with E-state index in [9.17, 15) is 18.0 Å². The van der Waals surface area contributed by atoms with Gasteiger partial charge in [-0.25, -0.2) is 12.7 Å². The van der Waals surface area contributed by atoms with Crippen molar-refractivity contribution in [3.8, 4) is 0 Å². The van der Waals surface area contributed by atoms with Gasteiger partial charge in [-0.1, -0.05) is 17.7 Å². The van der Waals surface area contributed by atoms with E-state index in [0.717, 1.165) is 28.3 Å². The predicted octanol–water partition coefficient (Wildman–Crippen LogP) is 3.31. The molecular weight excluding hydrogens is 400 g/mol. The number of benzene rings is 2. The molecule has 0 aromatic heterocycles. The lowest BCUT2D eigenvalue weighted by Crippen LogP contribution is -2.36. The molecule has 1 unspecified atom stereocenters. The molecule has 1 aliphatic carbocycles. The van der Waals surface area contributed by atoms with Gasteiger partial charge in [0.05, 0.1) is 11.6 Å². The smallest absolute Gasteiger partial charge is 0.269 e. The summed E-state index contributed by atoms with van der Waals surface area (Å²) in [5, 5.41) is 3.62. The third kappa shape index (κ3) is 2.89. The molecule has 0 radical (unpaired) electrons. The molecule has 28 heavy (non-hydrogen) atoms. The lowest BCUT2D eigenvalue weighted by atomic mass is 10.1. The van der Waals surface area contributed by atoms with Crippen LogP contribution >= 0.6 is 11.6 Å². The van der Waals surface area contributed by atoms with E-state index >= 15 is 0 Å². The van der Waals surface area contributed by atoms with Crippen molar-refractivity contribution in [3.63, 3.8) is 0 Å². The molecule has 1 heterocycles. The summed E-state index contributed by atoms with van der Waals surface area (Å²) in [6, 6.07) is 9.14. The van der Waals surface area contributed by atoms with Gasteiger partial charge in [0.15, 0.2) is 0 Å². The third-order valence-electron chi connectivity index (χ3n) is 5.17. The molecule has 6 nitrogen and oxygen atoms in total. The molecule has 2 amide bonds. The molecule has 2 aromatic carbocycles. The van der Waals surface area contributed by atoms with E-state index in [-0.39, 0.29) is 28.0 Å². The molecule has 146 valence electrons. The van der Waals surface area contributed by atoms with Gasteiger partial charge in [0.25, 0.3) is 21.8 Å². The van der Waals surface area contributed by atoms with E-state index in [4.69, 9.17) is 11.6 Å². The summed E-state index contributed by atoms with van der Waals surface area (Å²) in [6.07, 6.45) is 1.57. The Morgan fingerprint density at radius 2 is 1.96 bits per heavy atom. The van der Waals surface area contributed by atoms with Crippen molar-refractivity contribution in [1.82, 2.24) is 9.62 Å². The highest BCUT2D eigenvalue weighted by Gasteiger charge is 2.43. The van der Waals surface area contributed by atoms with Gasteiger partial charge < -0.3 is 5.32 Å². The van der Waals surface area contributed by atoms with Gasteiger partial charge >= 0.3 is 0 Å². The molecule has 0 bridgehead atoms. The maximum absolute atomic E-state index is 12.8. The Bertz CT molecular complexity index is 1110. The van der Waals surface area contributed by atoms with Crippen LogP contribution in [0.5, 0.6) is 0 Å². The zero-order chi connectivity index (χ0) is 20.2. The van der Waals surface area contributed by atoms with Crippen LogP contribution in [-0.4, -0.2) is 30.6 Å². The van der Waals surface area contributed by atoms with E-state index in [1.165, 1.54) is 18.2 Å². The Labute approximate surface area is 168 Å². The van der Waals surface area contributed by atoms with Crippen LogP contribution in [0.1, 0.15) is 58.2 Å². The predicted molar refractivity (Wildman–Crippen MR) is 105 cm³/mol. The number of hydrogen-bond donors (Lipinski definition) is 1. The summed E-state index contributed by atoms with van der Waals surface area (Å²) in [7, 11) is -3.94. The highest BCUT2D eigenvalue weighted by Crippen LogP contribution is 2.35. The number of rotatable bonds is 3. The van der Waals surface area contributed by atoms with Gasteiger partial charge in [-0.05, 0) is 68.1 Å². The Hall–Kier alpha value is -2.38. The van der Waals surface area contributed by atoms with Crippen LogP contribution in [0.4, 0.5) is 0 Å². The van der Waals surface area contributed by atoms with Gasteiger partial charge in [0.2, 0.25) is 0 Å². The van der Waals surface area contributed by atoms with E-state index in [0.29, 0.717) is 5.02 Å². The quantitative estimate of drug-likeness (QED) is 0.828. The molecule has 0 saturated heterocycles. The lowest BCUT2D eigenvalue weighted by molar-refractivity contribution is 0.0845. The van der Waals surface area contributed by atoms with Gasteiger partial charge in [-0.3, -0.25) is 9.59 Å². The van der Waals surface area contributed by atoms with Crippen molar-refractivity contribution in [3.05, 3.63) is 63.7 Å². The second kappa shape index (κ2) is 6.60. The molecule has 0 saturated carbocycles. The zero-order valence-electron chi connectivity index (χ0n) is 15.4. The molecule has 2 aliphatic rings. The minimum atomic E-state index is -3.94. The second-order valence-electron chi connectivity index (χ2n) is 7.32. The number of aryl methyl sites for hydroxylation is 1. The fraction of sp³-hybridized carbons (Fsp3) is 0.300. The number of carbonyl (C=O) groups excluding carboxylic acids is 2. The Morgan fingerprint density at radius 3 is 2.68 bits per heavy atom. The summed E-state index contributed by atoms with van der Waals surface area (Å²) in [5.74, 6) is -0.931. The molecule has 1 atom stereocenters. The van der Waals surface area contributed by atoms with Gasteiger partial charge in [0.1, 0.15) is 4.90 Å². The first kappa shape index (κ1) is 19.0. The lowest BCUT2D eigenvalue weighted by Gasteiger charge is -2.18. The minimum Gasteiger partial charge on any atom is -0.345 e. The van der Waals surface area contributed by atoms with Crippen molar-refractivity contribution < 1.29 is 18.0 Å². The third-order valence-corrected chi connectivity index (χ3v) is 7.40. The number of carbonyl (C=O) groups is 2. The first-order valence-electron chi connectivity index (χ1n) is 9.02. The SMILES string of the molecule is CC(C)N1C(=O)c2ccc(C(=O)NC3CCc4cc(Cl)ccc43)cc2S1(=O)=O. The molecule has 8 heteroatoms. The topological polar surface area (TPSA) is 83.6 Å². The van der Waals surface area contributed by atoms with Crippen LogP contribution in [0.25, 0.3) is 0 Å². The van der Waals surface area contributed by atoms with Gasteiger partial charge in [0, 0.05) is 16.6 Å². The first-order chi connectivity index (χ1) is 13.2. The maximum Gasteiger partial charge on any atom is 0.269 e. The fourth-order valence-corrected chi connectivity index (χ4v) is 5.86. The molecule has 1 aliphatic heterocycles. The number of sulfonamides is 1. The summed E-state index contributed by atoms with van der Waals surface area (Å²) in [4.78, 5) is 25.1. The average molecular weight is 419 g/mol. The van der Waals surface area contributed by atoms with Crippen molar-refractivity contribution in [1.29, 1.82) is 0 Å². The monoisotopic (exact) mass is 418 g/mol. The van der Waals surface area contributed by atoms with Crippen molar-refractivity contribution in [2.24, 2.45) is 0 Å². The summed E-state index contributed by atoms with van der Waals surface area (Å²) in [6.45, 7) is 3.28. The van der Waals surface area contributed by atoms with Crippen molar-refractivity contribution in [2.75, 3.05) is 0 Å². The molecule has 0 spiro atoms. The summed E-state index contributed by atoms with van der Waals surface area (Å²) in [5.41, 5.74) is 2.44. The Kier molecular flexibility index (Phi) is 4.47. The summed E-state index contributed by atoms with van der Waals surface area (Å²) >= 11 is 6.02. The molecule has 4 rings (SSSR count). The number of nitrogens with one attached hydrogen (secondary N) is 1. The highest BCUT2D eigenvalue weighted by atomic mass is 35.5. The van der Waals surface area contributed by atoms with Gasteiger partial charge in [-0.15, -0.1) is 0 Å². The number of fused-ring (bicyclic) bond motifs is 2. The van der Waals surface area contributed by atoms with Crippen LogP contribution in [0.3, 0.4) is 0 Å². The van der Waals surface area contributed by atoms with Crippen LogP contribution in [0.2, 0.25) is 5.02 Å². The molecule has 1 N–H and O–H groups in total. The fourth-order valence-electron chi connectivity index (χ4n) is 3.88. The zero-order valence-corrected chi connectivity index (χ0v) is 17.0. The van der Waals surface area contributed by atoms with Crippen LogP contribution in [-0.2, 0) is 16.4 Å². The van der Waals surface area contributed by atoms with Crippen LogP contribution < -0.4 is 5.32 Å². The molecule has 0 fully saturated rings. The normalized spacial score (nSPS) is 19.6. The molecular formula is C20H19ClN2O4S. The Morgan fingerprint density at radius 1 is 1.21 bits per heavy atom. The van der Waals surface area contributed by atoms with Crippen molar-refractivity contribution in [2.45, 2.75) is 43.7 Å². The van der Waals surface area contributed by atoms with E-state index in [1.807, 2.05) is 12.1 Å². The molecule has 2 aromatic rings. The largest absolute Gasteiger partial charge is 0.345 e. The number of nitrogens with zero attached hydrogens (tertiary/aromatic N) is 1. The maximum atomic E-state index is 12.8. The summed E-state index contributed by atoms with van der Waals surface area (Å²) < 4.78 is 26.3. The van der Waals surface area contributed by atoms with Crippen LogP contribution in [0.15, 0.2) is 41.3 Å². The first-order valence-corrected chi connectivity index (χ1v) is 10.8. The average Bonchev–Trinajstić information content (AvgIpc) is 3.10. The number of halogens is 1. The van der Waals surface area contributed by atoms with E-state index in [1.54, 1.807) is 19.9 Å². The van der Waals surface area contributed by atoms with E-state index in [2.05, 4.69) is 5.32 Å². The van der Waals surface area contributed by atoms with Gasteiger partial charge in [-0.2, -0.15) is 0 Å². The van der Waals surface area contributed by atoms with Crippen molar-refractivity contribution >= 4 is 33.4 Å². The highest BCUT2D eigenvalue weighted by molar-refractivity contribution is 7.90. The van der Waals surface area contributed by atoms with E-state index < -0.39 is 22.0 Å².